The van der Waals surface area contributed by atoms with E-state index in [9.17, 15) is 0 Å². The zero-order valence-corrected chi connectivity index (χ0v) is 7.88. The largest absolute Gasteiger partial charge is 1.00 e. The van der Waals surface area contributed by atoms with Gasteiger partial charge in [0.2, 0.25) is 0 Å². The smallest absolute Gasteiger partial charge is 1.00 e. The van der Waals surface area contributed by atoms with Gasteiger partial charge in [-0.05, 0) is 25.9 Å². The van der Waals surface area contributed by atoms with Crippen LogP contribution in [0.4, 0.5) is 0 Å². The van der Waals surface area contributed by atoms with Crippen LogP contribution >= 0.6 is 0 Å². The first kappa shape index (κ1) is 12.9. The number of halogens is 1. The van der Waals surface area contributed by atoms with Crippen LogP contribution in [-0.4, -0.2) is 13.1 Å². The molecule has 0 radical (unpaired) electrons. The van der Waals surface area contributed by atoms with E-state index in [2.05, 4.69) is 19.2 Å². The summed E-state index contributed by atoms with van der Waals surface area (Å²) in [6.07, 6.45) is 5.26. The van der Waals surface area contributed by atoms with E-state index in [0.29, 0.717) is 0 Å². The first-order valence-electron chi connectivity index (χ1n) is 4.12. The Hall–Kier alpha value is 0.250. The summed E-state index contributed by atoms with van der Waals surface area (Å²) in [5, 5.41) is 3.39. The highest BCUT2D eigenvalue weighted by Crippen LogP contribution is 1.85. The molecule has 0 spiro atoms. The zero-order valence-electron chi connectivity index (χ0n) is 8.12. The minimum Gasteiger partial charge on any atom is -1.00 e. The molecule has 0 fully saturated rings. The lowest BCUT2D eigenvalue weighted by atomic mass is 10.3. The average molecular weight is 166 g/mol. The number of hydrogen-bond donors (Lipinski definition) is 1. The van der Waals surface area contributed by atoms with E-state index in [-0.39, 0.29) is 13.8 Å². The van der Waals surface area contributed by atoms with E-state index in [1.807, 2.05) is 0 Å². The van der Waals surface area contributed by atoms with Crippen molar-refractivity contribution in [3.8, 4) is 0 Å². The van der Waals surface area contributed by atoms with Crippen molar-refractivity contribution in [1.29, 1.82) is 0 Å². The van der Waals surface area contributed by atoms with Crippen LogP contribution in [0.25, 0.3) is 0 Å². The minimum absolute atomic E-state index is 0. The van der Waals surface area contributed by atoms with Gasteiger partial charge in [0, 0.05) is 0 Å². The number of hydrogen-bond acceptors (Lipinski definition) is 1. The lowest BCUT2D eigenvalue weighted by molar-refractivity contribution is -0.00000215. The molecule has 0 aliphatic rings. The first-order valence-corrected chi connectivity index (χ1v) is 4.12. The third-order valence-corrected chi connectivity index (χ3v) is 1.41. The molecule has 0 heterocycles. The lowest BCUT2D eigenvalue weighted by Gasteiger charge is -1.99. The average Bonchev–Trinajstić information content (AvgIpc) is 1.89. The number of nitrogens with one attached hydrogen (secondary N) is 1. The summed E-state index contributed by atoms with van der Waals surface area (Å²) in [7, 11) is 0. The van der Waals surface area contributed by atoms with Crippen LogP contribution in [0.2, 0.25) is 0 Å². The summed E-state index contributed by atoms with van der Waals surface area (Å²) in [6.45, 7) is 6.86. The topological polar surface area (TPSA) is 12.0 Å². The number of unbranched alkanes of at least 4 members (excludes halogenated alkanes) is 2. The molecule has 0 unspecified atom stereocenters. The minimum atomic E-state index is 0. The maximum atomic E-state index is 3.39. The Morgan fingerprint density at radius 2 is 1.40 bits per heavy atom. The fraction of sp³-hybridized carbons (Fsp3) is 1.00. The van der Waals surface area contributed by atoms with Gasteiger partial charge in [0.25, 0.3) is 0 Å². The van der Waals surface area contributed by atoms with Crippen LogP contribution in [0, 0.1) is 0 Å². The summed E-state index contributed by atoms with van der Waals surface area (Å²) in [5.41, 5.74) is 0. The van der Waals surface area contributed by atoms with Crippen molar-refractivity contribution in [1.82, 2.24) is 5.32 Å². The van der Waals surface area contributed by atoms with E-state index >= 15 is 0 Å². The molecular formula is C8H20ClN. The molecule has 0 amide bonds. The Balaban J connectivity index is -0.000000320. The van der Waals surface area contributed by atoms with Gasteiger partial charge >= 0.3 is 1.43 Å². The molecule has 0 aliphatic carbocycles. The molecule has 2 heteroatoms. The van der Waals surface area contributed by atoms with Crippen molar-refractivity contribution in [3.63, 3.8) is 0 Å². The monoisotopic (exact) mass is 165 g/mol. The van der Waals surface area contributed by atoms with Crippen LogP contribution in [0.5, 0.6) is 0 Å². The van der Waals surface area contributed by atoms with Crippen molar-refractivity contribution in [2.45, 2.75) is 39.5 Å². The Morgan fingerprint density at radius 1 is 1.00 bits per heavy atom. The molecule has 10 heavy (non-hydrogen) atoms. The molecule has 1 N–H and O–H groups in total. The predicted molar refractivity (Wildman–Crippen MR) is 43.8 cm³/mol. The normalized spacial score (nSPS) is 9.00. The number of rotatable bonds is 6. The van der Waals surface area contributed by atoms with Crippen LogP contribution in [0.3, 0.4) is 0 Å². The fourth-order valence-electron chi connectivity index (χ4n) is 0.729. The summed E-state index contributed by atoms with van der Waals surface area (Å²) in [5.74, 6) is 0. The third kappa shape index (κ3) is 11.1. The first-order chi connectivity index (χ1) is 4.41. The molecular weight excluding hydrogens is 146 g/mol. The van der Waals surface area contributed by atoms with Gasteiger partial charge in [-0.15, -0.1) is 0 Å². The second-order valence-corrected chi connectivity index (χ2v) is 2.46. The van der Waals surface area contributed by atoms with Crippen LogP contribution in [0.15, 0.2) is 0 Å². The maximum absolute atomic E-state index is 3.39. The van der Waals surface area contributed by atoms with E-state index in [4.69, 9.17) is 0 Å². The van der Waals surface area contributed by atoms with E-state index in [1.54, 1.807) is 0 Å². The van der Waals surface area contributed by atoms with Crippen LogP contribution in [-0.2, 0) is 0 Å². The second kappa shape index (κ2) is 12.0. The summed E-state index contributed by atoms with van der Waals surface area (Å²) in [6, 6.07) is 0. The maximum Gasteiger partial charge on any atom is 1.00 e. The molecule has 0 rings (SSSR count). The van der Waals surface area contributed by atoms with Gasteiger partial charge in [-0.1, -0.05) is 26.7 Å². The zero-order chi connectivity index (χ0) is 6.95. The molecule has 0 bridgehead atoms. The van der Waals surface area contributed by atoms with Crippen LogP contribution in [0.1, 0.15) is 41.0 Å². The van der Waals surface area contributed by atoms with Crippen molar-refractivity contribution < 1.29 is 13.8 Å². The summed E-state index contributed by atoms with van der Waals surface area (Å²) < 4.78 is 0. The molecule has 64 valence electrons. The highest BCUT2D eigenvalue weighted by molar-refractivity contribution is 4.45. The van der Waals surface area contributed by atoms with Gasteiger partial charge in [-0.3, -0.25) is 0 Å². The van der Waals surface area contributed by atoms with Gasteiger partial charge in [0.1, 0.15) is 0 Å². The Labute approximate surface area is 72.5 Å². The molecule has 0 saturated carbocycles. The predicted octanol–water partition coefficient (Wildman–Crippen LogP) is -0.707. The molecule has 0 aromatic heterocycles. The van der Waals surface area contributed by atoms with E-state index in [1.165, 1.54) is 38.8 Å². The van der Waals surface area contributed by atoms with E-state index < -0.39 is 0 Å². The fourth-order valence-corrected chi connectivity index (χ4v) is 0.729. The highest BCUT2D eigenvalue weighted by atomic mass is 35.5. The molecule has 1 nitrogen and oxygen atoms in total. The van der Waals surface area contributed by atoms with Gasteiger partial charge < -0.3 is 17.7 Å². The van der Waals surface area contributed by atoms with Gasteiger partial charge in [-0.2, -0.15) is 0 Å². The van der Waals surface area contributed by atoms with Gasteiger partial charge in [-0.25, -0.2) is 0 Å². The molecule has 0 aliphatic heterocycles. The molecule has 0 saturated heterocycles. The SMILES string of the molecule is CCCCNCCCC.[Cl-].[H+]. The summed E-state index contributed by atoms with van der Waals surface area (Å²) in [4.78, 5) is 0. The molecule has 0 atom stereocenters. The Bertz CT molecular complexity index is 47.4. The van der Waals surface area contributed by atoms with Gasteiger partial charge in [0.15, 0.2) is 0 Å². The highest BCUT2D eigenvalue weighted by Gasteiger charge is 1.83. The Kier molecular flexibility index (Phi) is 15.4. The molecule has 0 aromatic carbocycles. The van der Waals surface area contributed by atoms with Crippen molar-refractivity contribution in [3.05, 3.63) is 0 Å². The van der Waals surface area contributed by atoms with Crippen LogP contribution < -0.4 is 17.7 Å². The Morgan fingerprint density at radius 3 is 1.70 bits per heavy atom. The van der Waals surface area contributed by atoms with Crippen molar-refractivity contribution in [2.75, 3.05) is 13.1 Å². The third-order valence-electron chi connectivity index (χ3n) is 1.41. The van der Waals surface area contributed by atoms with Crippen molar-refractivity contribution in [2.24, 2.45) is 0 Å². The quantitative estimate of drug-likeness (QED) is 0.513. The van der Waals surface area contributed by atoms with E-state index in [0.717, 1.165) is 0 Å². The van der Waals surface area contributed by atoms with Crippen molar-refractivity contribution >= 4 is 0 Å². The second-order valence-electron chi connectivity index (χ2n) is 2.46. The van der Waals surface area contributed by atoms with Gasteiger partial charge in [0.05, 0.1) is 0 Å². The summed E-state index contributed by atoms with van der Waals surface area (Å²) >= 11 is 0. The molecule has 0 aromatic rings. The standard InChI is InChI=1S/C8H19N.ClH/c1-3-5-7-9-8-6-4-2;/h9H,3-8H2,1-2H3;1H. The lowest BCUT2D eigenvalue weighted by Crippen LogP contribution is -3.00.